The molecule has 0 aliphatic heterocycles. The number of benzene rings is 1. The molecule has 1 aromatic carbocycles. The van der Waals surface area contributed by atoms with Gasteiger partial charge in [-0.3, -0.25) is 0 Å². The van der Waals surface area contributed by atoms with Crippen LogP contribution < -0.4 is 0 Å². The molecule has 0 unspecified atom stereocenters. The van der Waals surface area contributed by atoms with E-state index in [1.165, 1.54) is 10.1 Å². The molecule has 17 heavy (non-hydrogen) atoms. The Kier molecular flexibility index (Phi) is 2.72. The van der Waals surface area contributed by atoms with Gasteiger partial charge in [0, 0.05) is 9.58 Å². The van der Waals surface area contributed by atoms with E-state index in [1.54, 1.807) is 11.3 Å². The fraction of sp³-hybridized carbons (Fsp3) is 0.467. The van der Waals surface area contributed by atoms with Crippen molar-refractivity contribution in [3.8, 4) is 0 Å². The van der Waals surface area contributed by atoms with Crippen LogP contribution in [0.15, 0.2) is 30.3 Å². The molecule has 3 rings (SSSR count). The molecule has 1 N–H and O–H groups in total. The average Bonchev–Trinajstić information content (AvgIpc) is 2.77. The summed E-state index contributed by atoms with van der Waals surface area (Å²) in [6.07, 6.45) is 4.12. The molecule has 1 saturated carbocycles. The van der Waals surface area contributed by atoms with Crippen molar-refractivity contribution in [2.75, 3.05) is 0 Å². The van der Waals surface area contributed by atoms with Gasteiger partial charge in [0.15, 0.2) is 0 Å². The summed E-state index contributed by atoms with van der Waals surface area (Å²) >= 11 is 1.75. The SMILES string of the molecule is CC1CCC(O)(c2cc3ccccc3s2)CC1. The molecular weight excluding hydrogens is 228 g/mol. The summed E-state index contributed by atoms with van der Waals surface area (Å²) in [4.78, 5) is 1.16. The van der Waals surface area contributed by atoms with Crippen LogP contribution in [0.2, 0.25) is 0 Å². The van der Waals surface area contributed by atoms with Gasteiger partial charge in [0.1, 0.15) is 0 Å². The van der Waals surface area contributed by atoms with E-state index < -0.39 is 5.60 Å². The van der Waals surface area contributed by atoms with Crippen molar-refractivity contribution in [1.82, 2.24) is 0 Å². The molecule has 1 aromatic heterocycles. The highest BCUT2D eigenvalue weighted by Gasteiger charge is 2.34. The molecule has 2 heteroatoms. The lowest BCUT2D eigenvalue weighted by atomic mass is 9.79. The predicted molar refractivity (Wildman–Crippen MR) is 73.4 cm³/mol. The zero-order valence-electron chi connectivity index (χ0n) is 10.1. The van der Waals surface area contributed by atoms with Crippen molar-refractivity contribution in [1.29, 1.82) is 0 Å². The van der Waals surface area contributed by atoms with Gasteiger partial charge in [-0.25, -0.2) is 0 Å². The summed E-state index contributed by atoms with van der Waals surface area (Å²) in [5.74, 6) is 0.768. The molecule has 90 valence electrons. The Morgan fingerprint density at radius 1 is 1.24 bits per heavy atom. The van der Waals surface area contributed by atoms with Gasteiger partial charge in [0.25, 0.3) is 0 Å². The standard InChI is InChI=1S/C15H18OS/c1-11-6-8-15(16,9-7-11)14-10-12-4-2-3-5-13(12)17-14/h2-5,10-11,16H,6-9H2,1H3. The lowest BCUT2D eigenvalue weighted by Crippen LogP contribution is -2.29. The molecule has 0 spiro atoms. The van der Waals surface area contributed by atoms with Crippen LogP contribution in [0.25, 0.3) is 10.1 Å². The maximum Gasteiger partial charge on any atom is 0.0988 e. The molecule has 0 radical (unpaired) electrons. The number of fused-ring (bicyclic) bond motifs is 1. The van der Waals surface area contributed by atoms with E-state index in [-0.39, 0.29) is 0 Å². The molecule has 1 fully saturated rings. The Morgan fingerprint density at radius 2 is 1.94 bits per heavy atom. The molecule has 1 aliphatic rings. The quantitative estimate of drug-likeness (QED) is 0.795. The number of hydrogen-bond donors (Lipinski definition) is 1. The van der Waals surface area contributed by atoms with Gasteiger partial charge in [-0.1, -0.05) is 25.1 Å². The first-order valence-corrected chi connectivity index (χ1v) is 7.20. The minimum atomic E-state index is -0.559. The third-order valence-electron chi connectivity index (χ3n) is 3.99. The van der Waals surface area contributed by atoms with Crippen molar-refractivity contribution >= 4 is 21.4 Å². The molecule has 0 amide bonds. The van der Waals surface area contributed by atoms with Crippen molar-refractivity contribution < 1.29 is 5.11 Å². The molecule has 1 nitrogen and oxygen atoms in total. The van der Waals surface area contributed by atoms with Gasteiger partial charge < -0.3 is 5.11 Å². The Hall–Kier alpha value is -0.860. The molecule has 1 heterocycles. The molecule has 0 atom stereocenters. The second kappa shape index (κ2) is 4.11. The van der Waals surface area contributed by atoms with E-state index in [0.29, 0.717) is 0 Å². The van der Waals surface area contributed by atoms with Gasteiger partial charge in [-0.15, -0.1) is 11.3 Å². The lowest BCUT2D eigenvalue weighted by molar-refractivity contribution is -0.00862. The third-order valence-corrected chi connectivity index (χ3v) is 5.30. The highest BCUT2D eigenvalue weighted by Crippen LogP contribution is 2.43. The van der Waals surface area contributed by atoms with Crippen LogP contribution in [0.3, 0.4) is 0 Å². The first-order chi connectivity index (χ1) is 8.17. The highest BCUT2D eigenvalue weighted by atomic mass is 32.1. The third kappa shape index (κ3) is 2.00. The molecule has 1 aliphatic carbocycles. The van der Waals surface area contributed by atoms with E-state index >= 15 is 0 Å². The van der Waals surface area contributed by atoms with Crippen molar-refractivity contribution in [3.05, 3.63) is 35.2 Å². The predicted octanol–water partition coefficient (Wildman–Crippen LogP) is 4.30. The molecule has 2 aromatic rings. The van der Waals surface area contributed by atoms with Crippen molar-refractivity contribution in [2.24, 2.45) is 5.92 Å². The van der Waals surface area contributed by atoms with E-state index in [2.05, 4.69) is 37.3 Å². The Morgan fingerprint density at radius 3 is 2.65 bits per heavy atom. The maximum atomic E-state index is 10.8. The molecule has 0 bridgehead atoms. The van der Waals surface area contributed by atoms with Gasteiger partial charge in [-0.2, -0.15) is 0 Å². The Bertz CT molecular complexity index is 487. The van der Waals surface area contributed by atoms with E-state index in [1.807, 2.05) is 0 Å². The minimum absolute atomic E-state index is 0.559. The zero-order valence-corrected chi connectivity index (χ0v) is 11.0. The van der Waals surface area contributed by atoms with E-state index in [0.717, 1.165) is 36.5 Å². The summed E-state index contributed by atoms with van der Waals surface area (Å²) in [5, 5.41) is 12.0. The second-order valence-electron chi connectivity index (χ2n) is 5.36. The molecule has 0 saturated heterocycles. The molecular formula is C15H18OS. The summed E-state index contributed by atoms with van der Waals surface area (Å²) in [5.41, 5.74) is -0.559. The van der Waals surface area contributed by atoms with Crippen molar-refractivity contribution in [3.63, 3.8) is 0 Å². The summed E-state index contributed by atoms with van der Waals surface area (Å²) in [7, 11) is 0. The summed E-state index contributed by atoms with van der Waals surface area (Å²) in [6, 6.07) is 10.6. The maximum absolute atomic E-state index is 10.8. The lowest BCUT2D eigenvalue weighted by Gasteiger charge is -2.34. The average molecular weight is 246 g/mol. The number of hydrogen-bond acceptors (Lipinski definition) is 2. The van der Waals surface area contributed by atoms with Gasteiger partial charge in [0.2, 0.25) is 0 Å². The fourth-order valence-corrected chi connectivity index (χ4v) is 3.91. The smallest absolute Gasteiger partial charge is 0.0988 e. The van der Waals surface area contributed by atoms with Crippen LogP contribution in [0.4, 0.5) is 0 Å². The Balaban J connectivity index is 1.97. The number of aliphatic hydroxyl groups is 1. The van der Waals surface area contributed by atoms with Gasteiger partial charge in [0.05, 0.1) is 5.60 Å². The van der Waals surface area contributed by atoms with Crippen LogP contribution in [0.5, 0.6) is 0 Å². The van der Waals surface area contributed by atoms with Crippen LogP contribution >= 0.6 is 11.3 Å². The monoisotopic (exact) mass is 246 g/mol. The van der Waals surface area contributed by atoms with Crippen LogP contribution in [0.1, 0.15) is 37.5 Å². The van der Waals surface area contributed by atoms with Crippen LogP contribution in [-0.2, 0) is 5.60 Å². The first-order valence-electron chi connectivity index (χ1n) is 6.39. The summed E-state index contributed by atoms with van der Waals surface area (Å²) < 4.78 is 1.29. The fourth-order valence-electron chi connectivity index (χ4n) is 2.70. The van der Waals surface area contributed by atoms with Crippen LogP contribution in [-0.4, -0.2) is 5.11 Å². The first kappa shape index (κ1) is 11.2. The van der Waals surface area contributed by atoms with E-state index in [9.17, 15) is 5.11 Å². The van der Waals surface area contributed by atoms with Gasteiger partial charge in [-0.05, 0) is 49.1 Å². The van der Waals surface area contributed by atoms with Gasteiger partial charge >= 0.3 is 0 Å². The van der Waals surface area contributed by atoms with E-state index in [4.69, 9.17) is 0 Å². The highest BCUT2D eigenvalue weighted by molar-refractivity contribution is 7.19. The largest absolute Gasteiger partial charge is 0.384 e. The van der Waals surface area contributed by atoms with Crippen LogP contribution in [0, 0.1) is 5.92 Å². The topological polar surface area (TPSA) is 20.2 Å². The minimum Gasteiger partial charge on any atom is -0.384 e. The second-order valence-corrected chi connectivity index (χ2v) is 6.45. The van der Waals surface area contributed by atoms with Crippen molar-refractivity contribution in [2.45, 2.75) is 38.2 Å². The zero-order chi connectivity index (χ0) is 11.9. The normalized spacial score (nSPS) is 29.6. The summed E-state index contributed by atoms with van der Waals surface area (Å²) in [6.45, 7) is 2.28. The Labute approximate surface area is 106 Å². The number of rotatable bonds is 1. The number of thiophene rings is 1.